The number of alkyl halides is 1. The fourth-order valence-corrected chi connectivity index (χ4v) is 3.59. The van der Waals surface area contributed by atoms with E-state index in [4.69, 9.17) is 11.6 Å². The Balaban J connectivity index is 2.15. The highest BCUT2D eigenvalue weighted by Crippen LogP contribution is 2.62. The van der Waals surface area contributed by atoms with Gasteiger partial charge in [0.1, 0.15) is 0 Å². The van der Waals surface area contributed by atoms with Crippen LogP contribution in [0, 0.1) is 23.2 Å². The van der Waals surface area contributed by atoms with Crippen molar-refractivity contribution in [2.24, 2.45) is 23.2 Å². The Bertz CT molecular complexity index is 190. The van der Waals surface area contributed by atoms with Gasteiger partial charge in [-0.05, 0) is 30.1 Å². The summed E-state index contributed by atoms with van der Waals surface area (Å²) in [6.45, 7) is 4.91. The summed E-state index contributed by atoms with van der Waals surface area (Å²) in [6.07, 6.45) is 2.40. The van der Waals surface area contributed by atoms with Gasteiger partial charge in [0.15, 0.2) is 0 Å². The maximum absolute atomic E-state index is 9.20. The first-order valence-corrected chi connectivity index (χ1v) is 5.26. The van der Waals surface area contributed by atoms with E-state index in [1.54, 1.807) is 0 Å². The summed E-state index contributed by atoms with van der Waals surface area (Å²) < 4.78 is 0. The zero-order valence-electron chi connectivity index (χ0n) is 7.76. The Hall–Kier alpha value is 0.250. The van der Waals surface area contributed by atoms with Crippen LogP contribution in [0.2, 0.25) is 0 Å². The highest BCUT2D eigenvalue weighted by atomic mass is 35.5. The van der Waals surface area contributed by atoms with Crippen LogP contribution >= 0.6 is 11.6 Å². The molecule has 70 valence electrons. The highest BCUT2D eigenvalue weighted by molar-refractivity contribution is 6.21. The molecule has 0 radical (unpaired) electrons. The molecule has 3 saturated carbocycles. The summed E-state index contributed by atoms with van der Waals surface area (Å²) in [5.74, 6) is 1.84. The van der Waals surface area contributed by atoms with E-state index in [9.17, 15) is 5.11 Å². The molecule has 3 aliphatic rings. The molecule has 2 bridgehead atoms. The molecule has 2 heteroatoms. The summed E-state index contributed by atoms with van der Waals surface area (Å²) in [5.41, 5.74) is 0.443. The van der Waals surface area contributed by atoms with E-state index < -0.39 is 0 Å². The van der Waals surface area contributed by atoms with Crippen LogP contribution in [0.15, 0.2) is 0 Å². The van der Waals surface area contributed by atoms with Gasteiger partial charge in [0.25, 0.3) is 0 Å². The molecule has 12 heavy (non-hydrogen) atoms. The number of halogens is 1. The fourth-order valence-electron chi connectivity index (χ4n) is 3.12. The third kappa shape index (κ3) is 0.958. The first-order valence-electron chi connectivity index (χ1n) is 4.82. The molecule has 3 rings (SSSR count). The Kier molecular flexibility index (Phi) is 1.93. The number of aliphatic hydroxyl groups is 1. The molecular weight excluding hydrogens is 172 g/mol. The maximum atomic E-state index is 9.20. The predicted octanol–water partition coefficient (Wildman–Crippen LogP) is 2.27. The molecule has 0 heterocycles. The number of aliphatic hydroxyl groups excluding tert-OH is 1. The van der Waals surface area contributed by atoms with Crippen molar-refractivity contribution >= 4 is 11.6 Å². The van der Waals surface area contributed by atoms with E-state index in [2.05, 4.69) is 13.8 Å². The molecule has 0 aromatic rings. The Labute approximate surface area is 79.1 Å². The van der Waals surface area contributed by atoms with Gasteiger partial charge in [0.2, 0.25) is 0 Å². The van der Waals surface area contributed by atoms with Crippen molar-refractivity contribution in [3.63, 3.8) is 0 Å². The van der Waals surface area contributed by atoms with Gasteiger partial charge in [-0.2, -0.15) is 0 Å². The molecule has 0 saturated heterocycles. The van der Waals surface area contributed by atoms with Crippen LogP contribution in [0.5, 0.6) is 0 Å². The van der Waals surface area contributed by atoms with Crippen LogP contribution in [0.4, 0.5) is 0 Å². The van der Waals surface area contributed by atoms with Crippen molar-refractivity contribution in [1.82, 2.24) is 0 Å². The van der Waals surface area contributed by atoms with E-state index >= 15 is 0 Å². The molecule has 1 N–H and O–H groups in total. The second kappa shape index (κ2) is 2.62. The summed E-state index contributed by atoms with van der Waals surface area (Å²) in [5, 5.41) is 9.43. The zero-order valence-corrected chi connectivity index (χ0v) is 8.51. The normalized spacial score (nSPS) is 50.0. The number of fused-ring (bicyclic) bond motifs is 2. The van der Waals surface area contributed by atoms with E-state index in [1.807, 2.05) is 0 Å². The van der Waals surface area contributed by atoms with Crippen molar-refractivity contribution in [2.45, 2.75) is 32.1 Å². The SMILES string of the molecule is CC1(C)[C@H]2C[C@@H](Cl)[C@@H](CO)[C@@H]1C2. The van der Waals surface area contributed by atoms with Gasteiger partial charge in [-0.3, -0.25) is 0 Å². The van der Waals surface area contributed by atoms with E-state index in [0.717, 1.165) is 12.3 Å². The first-order chi connectivity index (χ1) is 5.57. The standard InChI is InChI=1S/C10H17ClO/c1-10(2)6-3-8(10)7(5-12)9(11)4-6/h6-9,12H,3-5H2,1-2H3/t6-,7+,8+,9-/m1/s1. The molecule has 0 aromatic carbocycles. The third-order valence-electron chi connectivity index (χ3n) is 4.25. The zero-order chi connectivity index (χ0) is 8.93. The summed E-state index contributed by atoms with van der Waals surface area (Å²) in [7, 11) is 0. The minimum atomic E-state index is 0.228. The molecule has 0 aliphatic heterocycles. The molecule has 3 aliphatic carbocycles. The molecule has 1 nitrogen and oxygen atoms in total. The van der Waals surface area contributed by atoms with Crippen molar-refractivity contribution in [2.75, 3.05) is 6.61 Å². The van der Waals surface area contributed by atoms with Crippen molar-refractivity contribution in [3.8, 4) is 0 Å². The van der Waals surface area contributed by atoms with Gasteiger partial charge in [-0.15, -0.1) is 11.6 Å². The Morgan fingerprint density at radius 1 is 1.42 bits per heavy atom. The lowest BCUT2D eigenvalue weighted by Gasteiger charge is -2.61. The van der Waals surface area contributed by atoms with Gasteiger partial charge in [0.05, 0.1) is 0 Å². The molecule has 3 fully saturated rings. The van der Waals surface area contributed by atoms with Crippen molar-refractivity contribution in [3.05, 3.63) is 0 Å². The average Bonchev–Trinajstić information content (AvgIpc) is 2.03. The topological polar surface area (TPSA) is 20.2 Å². The van der Waals surface area contributed by atoms with Crippen LogP contribution < -0.4 is 0 Å². The van der Waals surface area contributed by atoms with Gasteiger partial charge in [0, 0.05) is 17.9 Å². The minimum Gasteiger partial charge on any atom is -0.396 e. The van der Waals surface area contributed by atoms with Gasteiger partial charge < -0.3 is 5.11 Å². The molecule has 0 amide bonds. The quantitative estimate of drug-likeness (QED) is 0.626. The molecular formula is C10H17ClO. The van der Waals surface area contributed by atoms with E-state index in [0.29, 0.717) is 17.3 Å². The van der Waals surface area contributed by atoms with Gasteiger partial charge >= 0.3 is 0 Å². The minimum absolute atomic E-state index is 0.228. The predicted molar refractivity (Wildman–Crippen MR) is 50.2 cm³/mol. The van der Waals surface area contributed by atoms with Gasteiger partial charge in [-0.25, -0.2) is 0 Å². The fraction of sp³-hybridized carbons (Fsp3) is 1.00. The lowest BCUT2D eigenvalue weighted by Crippen LogP contribution is -2.57. The van der Waals surface area contributed by atoms with E-state index in [-0.39, 0.29) is 12.0 Å². The summed E-state index contributed by atoms with van der Waals surface area (Å²) in [6, 6.07) is 0. The lowest BCUT2D eigenvalue weighted by atomic mass is 9.45. The third-order valence-corrected chi connectivity index (χ3v) is 4.75. The molecule has 0 aromatic heterocycles. The monoisotopic (exact) mass is 188 g/mol. The molecule has 0 unspecified atom stereocenters. The van der Waals surface area contributed by atoms with Crippen molar-refractivity contribution < 1.29 is 5.11 Å². The van der Waals surface area contributed by atoms with Crippen LogP contribution in [0.25, 0.3) is 0 Å². The maximum Gasteiger partial charge on any atom is 0.0476 e. The Morgan fingerprint density at radius 3 is 2.50 bits per heavy atom. The van der Waals surface area contributed by atoms with Crippen molar-refractivity contribution in [1.29, 1.82) is 0 Å². The van der Waals surface area contributed by atoms with Crippen LogP contribution in [0.1, 0.15) is 26.7 Å². The van der Waals surface area contributed by atoms with Crippen LogP contribution in [-0.4, -0.2) is 17.1 Å². The average molecular weight is 189 g/mol. The van der Waals surface area contributed by atoms with E-state index in [1.165, 1.54) is 6.42 Å². The molecule has 4 atom stereocenters. The van der Waals surface area contributed by atoms with Crippen LogP contribution in [0.3, 0.4) is 0 Å². The first kappa shape index (κ1) is 8.83. The lowest BCUT2D eigenvalue weighted by molar-refractivity contribution is -0.114. The number of rotatable bonds is 1. The molecule has 0 spiro atoms. The Morgan fingerprint density at radius 2 is 2.08 bits per heavy atom. The smallest absolute Gasteiger partial charge is 0.0476 e. The number of hydrogen-bond acceptors (Lipinski definition) is 1. The summed E-state index contributed by atoms with van der Waals surface area (Å²) >= 11 is 6.18. The van der Waals surface area contributed by atoms with Crippen LogP contribution in [-0.2, 0) is 0 Å². The second-order valence-corrected chi connectivity index (χ2v) is 5.52. The summed E-state index contributed by atoms with van der Waals surface area (Å²) in [4.78, 5) is 0. The largest absolute Gasteiger partial charge is 0.396 e. The second-order valence-electron chi connectivity index (χ2n) is 4.96. The number of hydrogen-bond donors (Lipinski definition) is 1. The highest BCUT2D eigenvalue weighted by Gasteiger charge is 2.56. The van der Waals surface area contributed by atoms with Gasteiger partial charge in [-0.1, -0.05) is 13.8 Å².